The molecule has 1 unspecified atom stereocenters. The number of carbonyl (C=O) groups excluding carboxylic acids is 1. The molecule has 0 aliphatic carbocycles. The van der Waals surface area contributed by atoms with Crippen molar-refractivity contribution in [1.29, 1.82) is 0 Å². The summed E-state index contributed by atoms with van der Waals surface area (Å²) < 4.78 is 10.9. The van der Waals surface area contributed by atoms with Crippen LogP contribution < -0.4 is 11.1 Å². The van der Waals surface area contributed by atoms with Crippen LogP contribution in [0.2, 0.25) is 0 Å². The number of nitrogens with two attached hydrogens (primary N) is 1. The van der Waals surface area contributed by atoms with Gasteiger partial charge in [0.2, 0.25) is 11.8 Å². The highest BCUT2D eigenvalue weighted by molar-refractivity contribution is 5.85. The van der Waals surface area contributed by atoms with Gasteiger partial charge in [0.25, 0.3) is 0 Å². The number of hydrogen-bond donors (Lipinski definition) is 2. The molecule has 2 aromatic rings. The lowest BCUT2D eigenvalue weighted by atomic mass is 10.1. The molecule has 0 saturated carbocycles. The predicted octanol–water partition coefficient (Wildman–Crippen LogP) is 1.77. The van der Waals surface area contributed by atoms with E-state index < -0.39 is 6.10 Å². The zero-order chi connectivity index (χ0) is 16.9. The number of carbonyl (C=O) groups is 1. The summed E-state index contributed by atoms with van der Waals surface area (Å²) in [5.41, 5.74) is 6.66. The van der Waals surface area contributed by atoms with Gasteiger partial charge >= 0.3 is 0 Å². The van der Waals surface area contributed by atoms with Crippen LogP contribution in [0.5, 0.6) is 0 Å². The Morgan fingerprint density at radius 2 is 2.12 bits per heavy atom. The second-order valence-corrected chi connectivity index (χ2v) is 6.00. The maximum absolute atomic E-state index is 12.2. The average Bonchev–Trinajstić information content (AvgIpc) is 3.25. The van der Waals surface area contributed by atoms with Gasteiger partial charge in [-0.3, -0.25) is 4.79 Å². The first-order valence-corrected chi connectivity index (χ1v) is 8.18. The number of nitrogens with zero attached hydrogens (tertiary/aromatic N) is 2. The molecule has 1 amide bonds. The molecule has 25 heavy (non-hydrogen) atoms. The van der Waals surface area contributed by atoms with Gasteiger partial charge in [0, 0.05) is 6.54 Å². The summed E-state index contributed by atoms with van der Waals surface area (Å²) >= 11 is 0. The Labute approximate surface area is 152 Å². The molecule has 2 heterocycles. The van der Waals surface area contributed by atoms with E-state index in [4.69, 9.17) is 15.0 Å². The van der Waals surface area contributed by atoms with Crippen LogP contribution in [0.1, 0.15) is 43.1 Å². The number of aromatic nitrogens is 2. The summed E-state index contributed by atoms with van der Waals surface area (Å²) in [6, 6.07) is 9.55. The molecule has 3 N–H and O–H groups in total. The quantitative estimate of drug-likeness (QED) is 0.807. The molecular formula is C17H23ClN4O3. The van der Waals surface area contributed by atoms with Gasteiger partial charge in [0.05, 0.1) is 18.6 Å². The van der Waals surface area contributed by atoms with E-state index in [9.17, 15) is 4.79 Å². The Bertz CT molecular complexity index is 680. The molecular weight excluding hydrogens is 344 g/mol. The highest BCUT2D eigenvalue weighted by Crippen LogP contribution is 2.20. The van der Waals surface area contributed by atoms with Gasteiger partial charge in [-0.1, -0.05) is 35.5 Å². The van der Waals surface area contributed by atoms with Crippen molar-refractivity contribution in [3.63, 3.8) is 0 Å². The summed E-state index contributed by atoms with van der Waals surface area (Å²) in [6.07, 6.45) is 1.59. The predicted molar refractivity (Wildman–Crippen MR) is 94.3 cm³/mol. The van der Waals surface area contributed by atoms with Gasteiger partial charge in [0.15, 0.2) is 5.82 Å². The summed E-state index contributed by atoms with van der Waals surface area (Å²) in [4.78, 5) is 16.6. The maximum Gasteiger partial charge on any atom is 0.249 e. The first-order valence-electron chi connectivity index (χ1n) is 8.18. The number of halogens is 1. The highest BCUT2D eigenvalue weighted by atomic mass is 35.5. The Hall–Kier alpha value is -1.96. The minimum absolute atomic E-state index is 0. The maximum atomic E-state index is 12.2. The van der Waals surface area contributed by atoms with E-state index in [1.807, 2.05) is 37.3 Å². The number of nitrogens with one attached hydrogen (secondary N) is 1. The monoisotopic (exact) mass is 366 g/mol. The lowest BCUT2D eigenvalue weighted by molar-refractivity contribution is -0.132. The van der Waals surface area contributed by atoms with Crippen LogP contribution in [0, 0.1) is 0 Å². The molecule has 1 aliphatic rings. The Morgan fingerprint density at radius 3 is 2.80 bits per heavy atom. The molecule has 8 heteroatoms. The minimum Gasteiger partial charge on any atom is -0.364 e. The third kappa shape index (κ3) is 5.01. The largest absolute Gasteiger partial charge is 0.364 e. The van der Waals surface area contributed by atoms with Crippen LogP contribution in [0.25, 0.3) is 0 Å². The SMILES string of the molecule is CC(NC(=O)[C@@H]1CC[C@H](CN)O1)c1noc(Cc2ccccc2)n1.Cl. The van der Waals surface area contributed by atoms with Gasteiger partial charge in [-0.05, 0) is 25.3 Å². The second kappa shape index (κ2) is 8.94. The van der Waals surface area contributed by atoms with Crippen molar-refractivity contribution >= 4 is 18.3 Å². The first kappa shape index (κ1) is 19.4. The number of rotatable bonds is 6. The van der Waals surface area contributed by atoms with Gasteiger partial charge < -0.3 is 20.3 Å². The van der Waals surface area contributed by atoms with Crippen molar-refractivity contribution < 1.29 is 14.1 Å². The van der Waals surface area contributed by atoms with Crippen molar-refractivity contribution in [3.05, 3.63) is 47.6 Å². The van der Waals surface area contributed by atoms with Crippen LogP contribution in [0.3, 0.4) is 0 Å². The van der Waals surface area contributed by atoms with Gasteiger partial charge in [0.1, 0.15) is 6.10 Å². The molecule has 0 bridgehead atoms. The van der Waals surface area contributed by atoms with E-state index in [2.05, 4.69) is 15.5 Å². The number of amides is 1. The standard InChI is InChI=1S/C17H22N4O3.ClH/c1-11(19-17(22)14-8-7-13(10-18)23-14)16-20-15(24-21-16)9-12-5-3-2-4-6-12;/h2-6,11,13-14H,7-10,18H2,1H3,(H,19,22);1H/t11?,13-,14+;/m1./s1. The van der Waals surface area contributed by atoms with Gasteiger partial charge in [-0.2, -0.15) is 4.98 Å². The Balaban J connectivity index is 0.00000225. The van der Waals surface area contributed by atoms with Crippen LogP contribution in [0.4, 0.5) is 0 Å². The summed E-state index contributed by atoms with van der Waals surface area (Å²) in [6.45, 7) is 2.26. The van der Waals surface area contributed by atoms with Crippen LogP contribution in [-0.2, 0) is 16.0 Å². The smallest absolute Gasteiger partial charge is 0.249 e. The molecule has 1 fully saturated rings. The van der Waals surface area contributed by atoms with Gasteiger partial charge in [-0.15, -0.1) is 12.4 Å². The second-order valence-electron chi connectivity index (χ2n) is 6.00. The molecule has 1 aromatic heterocycles. The minimum atomic E-state index is -0.448. The first-order chi connectivity index (χ1) is 11.7. The zero-order valence-electron chi connectivity index (χ0n) is 14.1. The lowest BCUT2D eigenvalue weighted by Gasteiger charge is -2.15. The van der Waals surface area contributed by atoms with Crippen molar-refractivity contribution in [2.24, 2.45) is 5.73 Å². The molecule has 3 rings (SSSR count). The Morgan fingerprint density at radius 1 is 1.36 bits per heavy atom. The van der Waals surface area contributed by atoms with Crippen molar-refractivity contribution in [2.75, 3.05) is 6.54 Å². The fraction of sp³-hybridized carbons (Fsp3) is 0.471. The molecule has 0 spiro atoms. The number of benzene rings is 1. The number of hydrogen-bond acceptors (Lipinski definition) is 6. The average molecular weight is 367 g/mol. The van der Waals surface area contributed by atoms with Crippen molar-refractivity contribution in [2.45, 2.75) is 44.4 Å². The summed E-state index contributed by atoms with van der Waals surface area (Å²) in [5.74, 6) is 0.827. The molecule has 1 aliphatic heterocycles. The fourth-order valence-corrected chi connectivity index (χ4v) is 2.73. The van der Waals surface area contributed by atoms with E-state index in [1.54, 1.807) is 0 Å². The molecule has 1 saturated heterocycles. The third-order valence-corrected chi connectivity index (χ3v) is 4.09. The highest BCUT2D eigenvalue weighted by Gasteiger charge is 2.31. The summed E-state index contributed by atoms with van der Waals surface area (Å²) in [7, 11) is 0. The molecule has 136 valence electrons. The van der Waals surface area contributed by atoms with Crippen LogP contribution >= 0.6 is 12.4 Å². The van der Waals surface area contributed by atoms with Gasteiger partial charge in [-0.25, -0.2) is 0 Å². The molecule has 3 atom stereocenters. The normalized spacial score (nSPS) is 20.7. The fourth-order valence-electron chi connectivity index (χ4n) is 2.73. The van der Waals surface area contributed by atoms with Crippen molar-refractivity contribution in [1.82, 2.24) is 15.5 Å². The lowest BCUT2D eigenvalue weighted by Crippen LogP contribution is -2.37. The van der Waals surface area contributed by atoms with E-state index >= 15 is 0 Å². The van der Waals surface area contributed by atoms with E-state index in [0.717, 1.165) is 12.0 Å². The molecule has 7 nitrogen and oxygen atoms in total. The molecule has 1 aromatic carbocycles. The number of ether oxygens (including phenoxy) is 1. The summed E-state index contributed by atoms with van der Waals surface area (Å²) in [5, 5.41) is 6.83. The molecule has 0 radical (unpaired) electrons. The third-order valence-electron chi connectivity index (χ3n) is 4.09. The van der Waals surface area contributed by atoms with Crippen LogP contribution in [0.15, 0.2) is 34.9 Å². The van der Waals surface area contributed by atoms with Crippen LogP contribution in [-0.4, -0.2) is 34.8 Å². The topological polar surface area (TPSA) is 103 Å². The van der Waals surface area contributed by atoms with E-state index in [1.165, 1.54) is 0 Å². The van der Waals surface area contributed by atoms with E-state index in [-0.39, 0.29) is 30.5 Å². The Kier molecular flexibility index (Phi) is 6.92. The van der Waals surface area contributed by atoms with Crippen molar-refractivity contribution in [3.8, 4) is 0 Å². The van der Waals surface area contributed by atoms with E-state index in [0.29, 0.717) is 31.1 Å². The zero-order valence-corrected chi connectivity index (χ0v) is 14.9.